The predicted molar refractivity (Wildman–Crippen MR) is 77.1 cm³/mol. The molecule has 0 spiro atoms. The molecule has 0 saturated carbocycles. The van der Waals surface area contributed by atoms with Gasteiger partial charge in [0.1, 0.15) is 5.75 Å². The molecule has 0 radical (unpaired) electrons. The van der Waals surface area contributed by atoms with E-state index in [1.165, 1.54) is 0 Å². The van der Waals surface area contributed by atoms with E-state index in [9.17, 15) is 0 Å². The third-order valence-corrected chi connectivity index (χ3v) is 3.38. The zero-order valence-corrected chi connectivity index (χ0v) is 10.7. The van der Waals surface area contributed by atoms with Gasteiger partial charge >= 0.3 is 0 Å². The van der Waals surface area contributed by atoms with Crippen LogP contribution in [0, 0.1) is 0 Å². The molecule has 4 rings (SSSR count). The number of hydrogen-bond acceptors (Lipinski definition) is 4. The van der Waals surface area contributed by atoms with E-state index in [0.29, 0.717) is 6.73 Å². The lowest BCUT2D eigenvalue weighted by molar-refractivity contribution is 0.325. The maximum absolute atomic E-state index is 5.57. The van der Waals surface area contributed by atoms with Gasteiger partial charge in [-0.1, -0.05) is 12.1 Å². The monoisotopic (exact) mass is 261 g/mol. The van der Waals surface area contributed by atoms with E-state index >= 15 is 0 Å². The number of rotatable bonds is 1. The average molecular weight is 261 g/mol. The summed E-state index contributed by atoms with van der Waals surface area (Å²) >= 11 is 0. The summed E-state index contributed by atoms with van der Waals surface area (Å²) in [5.41, 5.74) is 3.91. The highest BCUT2D eigenvalue weighted by Gasteiger charge is 2.18. The van der Waals surface area contributed by atoms with Crippen molar-refractivity contribution in [2.75, 3.05) is 6.73 Å². The first kappa shape index (κ1) is 11.1. The van der Waals surface area contributed by atoms with Gasteiger partial charge in [0.2, 0.25) is 0 Å². The van der Waals surface area contributed by atoms with Gasteiger partial charge in [-0.3, -0.25) is 9.97 Å². The molecule has 0 bridgehead atoms. The van der Waals surface area contributed by atoms with Crippen molar-refractivity contribution in [1.82, 2.24) is 9.97 Å². The summed E-state index contributed by atoms with van der Waals surface area (Å²) in [6, 6.07) is 11.8. The molecule has 0 amide bonds. The quantitative estimate of drug-likeness (QED) is 0.676. The third kappa shape index (κ3) is 1.66. The van der Waals surface area contributed by atoms with Gasteiger partial charge in [0.15, 0.2) is 6.73 Å². The van der Waals surface area contributed by atoms with Gasteiger partial charge in [-0.15, -0.1) is 0 Å². The molecule has 96 valence electrons. The Hall–Kier alpha value is -2.75. The van der Waals surface area contributed by atoms with Crippen molar-refractivity contribution < 1.29 is 4.74 Å². The topological polar surface area (TPSA) is 47.4 Å². The molecule has 0 fully saturated rings. The maximum Gasteiger partial charge on any atom is 0.179 e. The van der Waals surface area contributed by atoms with Crippen molar-refractivity contribution in [2.45, 2.75) is 0 Å². The lowest BCUT2D eigenvalue weighted by Crippen LogP contribution is -2.14. The summed E-state index contributed by atoms with van der Waals surface area (Å²) in [7, 11) is 0. The Bertz CT molecular complexity index is 821. The molecule has 3 aromatic rings. The Morgan fingerprint density at radius 3 is 2.90 bits per heavy atom. The van der Waals surface area contributed by atoms with Crippen LogP contribution in [0.1, 0.15) is 11.1 Å². The van der Waals surface area contributed by atoms with E-state index in [4.69, 9.17) is 4.74 Å². The summed E-state index contributed by atoms with van der Waals surface area (Å²) in [5, 5.41) is 1.01. The molecule has 1 aliphatic heterocycles. The van der Waals surface area contributed by atoms with E-state index in [1.807, 2.05) is 42.6 Å². The van der Waals surface area contributed by atoms with Crippen molar-refractivity contribution in [1.29, 1.82) is 0 Å². The second-order valence-electron chi connectivity index (χ2n) is 4.53. The Labute approximate surface area is 115 Å². The van der Waals surface area contributed by atoms with Crippen molar-refractivity contribution in [3.8, 4) is 5.75 Å². The number of fused-ring (bicyclic) bond motifs is 2. The van der Waals surface area contributed by atoms with Gasteiger partial charge in [-0.25, -0.2) is 4.99 Å². The molecular weight excluding hydrogens is 250 g/mol. The number of ether oxygens (including phenoxy) is 1. The fourth-order valence-corrected chi connectivity index (χ4v) is 2.47. The molecule has 0 atom stereocenters. The number of hydrogen-bond donors (Lipinski definition) is 0. The SMILES string of the molecule is c1ccc2c(c1)OCN=C2c1ccnc2ccncc12. The molecule has 0 N–H and O–H groups in total. The first-order valence-corrected chi connectivity index (χ1v) is 6.39. The van der Waals surface area contributed by atoms with Crippen LogP contribution in [-0.4, -0.2) is 22.4 Å². The van der Waals surface area contributed by atoms with Crippen LogP contribution in [0.4, 0.5) is 0 Å². The summed E-state index contributed by atoms with van der Waals surface area (Å²) in [5.74, 6) is 0.867. The van der Waals surface area contributed by atoms with Crippen LogP contribution in [0.3, 0.4) is 0 Å². The smallest absolute Gasteiger partial charge is 0.179 e. The lowest BCUT2D eigenvalue weighted by atomic mass is 9.98. The fourth-order valence-electron chi connectivity index (χ4n) is 2.47. The van der Waals surface area contributed by atoms with E-state index in [-0.39, 0.29) is 0 Å². The van der Waals surface area contributed by atoms with Crippen molar-refractivity contribution >= 4 is 16.6 Å². The second-order valence-corrected chi connectivity index (χ2v) is 4.53. The average Bonchev–Trinajstić information content (AvgIpc) is 2.54. The highest BCUT2D eigenvalue weighted by molar-refractivity contribution is 6.20. The summed E-state index contributed by atoms with van der Waals surface area (Å²) < 4.78 is 5.57. The molecule has 20 heavy (non-hydrogen) atoms. The lowest BCUT2D eigenvalue weighted by Gasteiger charge is -2.18. The molecule has 1 aliphatic rings. The van der Waals surface area contributed by atoms with Crippen molar-refractivity contribution in [3.05, 3.63) is 66.1 Å². The molecule has 3 heterocycles. The summed E-state index contributed by atoms with van der Waals surface area (Å²) in [6.45, 7) is 0.344. The number of para-hydroxylation sites is 1. The number of aliphatic imine (C=N–C) groups is 1. The molecule has 2 aromatic heterocycles. The molecule has 0 aliphatic carbocycles. The Morgan fingerprint density at radius 2 is 1.90 bits per heavy atom. The van der Waals surface area contributed by atoms with Gasteiger partial charge in [0.05, 0.1) is 11.2 Å². The van der Waals surface area contributed by atoms with Gasteiger partial charge in [-0.05, 0) is 24.3 Å². The summed E-state index contributed by atoms with van der Waals surface area (Å²) in [6.07, 6.45) is 5.38. The number of pyridine rings is 2. The van der Waals surface area contributed by atoms with Gasteiger partial charge in [-0.2, -0.15) is 0 Å². The fraction of sp³-hybridized carbons (Fsp3) is 0.0625. The zero-order chi connectivity index (χ0) is 13.4. The van der Waals surface area contributed by atoms with E-state index in [0.717, 1.165) is 33.5 Å². The molecule has 0 saturated heterocycles. The minimum Gasteiger partial charge on any atom is -0.471 e. The Balaban J connectivity index is 1.98. The van der Waals surface area contributed by atoms with Crippen LogP contribution in [-0.2, 0) is 0 Å². The number of aromatic nitrogens is 2. The van der Waals surface area contributed by atoms with Crippen LogP contribution >= 0.6 is 0 Å². The molecular formula is C16H11N3O. The molecule has 4 nitrogen and oxygen atoms in total. The standard InChI is InChI=1S/C16H11N3O/c1-2-4-15-12(3-1)16(19-10-20-15)11-5-8-18-14-6-7-17-9-13(11)14/h1-9H,10H2. The Kier molecular flexibility index (Phi) is 2.45. The largest absolute Gasteiger partial charge is 0.471 e. The Morgan fingerprint density at radius 1 is 0.950 bits per heavy atom. The minimum atomic E-state index is 0.344. The van der Waals surface area contributed by atoms with E-state index < -0.39 is 0 Å². The minimum absolute atomic E-state index is 0.344. The third-order valence-electron chi connectivity index (χ3n) is 3.38. The number of benzene rings is 1. The van der Waals surface area contributed by atoms with Crippen molar-refractivity contribution in [2.24, 2.45) is 4.99 Å². The number of nitrogens with zero attached hydrogens (tertiary/aromatic N) is 3. The normalized spacial score (nSPS) is 13.5. The second kappa shape index (κ2) is 4.42. The predicted octanol–water partition coefficient (Wildman–Crippen LogP) is 2.82. The summed E-state index contributed by atoms with van der Waals surface area (Å²) in [4.78, 5) is 13.1. The first-order chi connectivity index (χ1) is 9.93. The zero-order valence-electron chi connectivity index (χ0n) is 10.7. The molecule has 1 aromatic carbocycles. The van der Waals surface area contributed by atoms with Crippen LogP contribution in [0.2, 0.25) is 0 Å². The highest BCUT2D eigenvalue weighted by Crippen LogP contribution is 2.28. The molecule has 0 unspecified atom stereocenters. The van der Waals surface area contributed by atoms with Gasteiger partial charge in [0, 0.05) is 35.1 Å². The van der Waals surface area contributed by atoms with Crippen LogP contribution < -0.4 is 4.74 Å². The van der Waals surface area contributed by atoms with Crippen LogP contribution in [0.15, 0.2) is 60.0 Å². The van der Waals surface area contributed by atoms with E-state index in [1.54, 1.807) is 12.4 Å². The highest BCUT2D eigenvalue weighted by atomic mass is 16.5. The first-order valence-electron chi connectivity index (χ1n) is 6.39. The van der Waals surface area contributed by atoms with Crippen LogP contribution in [0.5, 0.6) is 5.75 Å². The van der Waals surface area contributed by atoms with Gasteiger partial charge in [0.25, 0.3) is 0 Å². The molecule has 4 heteroatoms. The van der Waals surface area contributed by atoms with Gasteiger partial charge < -0.3 is 4.74 Å². The van der Waals surface area contributed by atoms with Crippen molar-refractivity contribution in [3.63, 3.8) is 0 Å². The van der Waals surface area contributed by atoms with Crippen LogP contribution in [0.25, 0.3) is 10.9 Å². The van der Waals surface area contributed by atoms with E-state index in [2.05, 4.69) is 15.0 Å². The maximum atomic E-state index is 5.57.